The molecule has 0 bridgehead atoms. The van der Waals surface area contributed by atoms with Gasteiger partial charge in [0, 0.05) is 12.6 Å². The SMILES string of the molecule is CC(C)CC(C)OCc1ccc(CNC2CC2)cc1. The molecule has 1 aromatic carbocycles. The molecule has 0 saturated heterocycles. The molecule has 106 valence electrons. The zero-order valence-corrected chi connectivity index (χ0v) is 12.5. The molecular formula is C17H27NO. The summed E-state index contributed by atoms with van der Waals surface area (Å²) >= 11 is 0. The first-order chi connectivity index (χ1) is 9.13. The summed E-state index contributed by atoms with van der Waals surface area (Å²) < 4.78 is 5.87. The number of hydrogen-bond donors (Lipinski definition) is 1. The van der Waals surface area contributed by atoms with Crippen molar-refractivity contribution in [3.63, 3.8) is 0 Å². The maximum Gasteiger partial charge on any atom is 0.0720 e. The van der Waals surface area contributed by atoms with E-state index in [0.717, 1.165) is 25.6 Å². The van der Waals surface area contributed by atoms with Gasteiger partial charge in [-0.3, -0.25) is 0 Å². The maximum absolute atomic E-state index is 5.87. The molecule has 2 heteroatoms. The molecule has 1 aliphatic rings. The number of nitrogens with one attached hydrogen (secondary N) is 1. The fraction of sp³-hybridized carbons (Fsp3) is 0.647. The summed E-state index contributed by atoms with van der Waals surface area (Å²) in [6.07, 6.45) is 4.17. The van der Waals surface area contributed by atoms with E-state index in [-0.39, 0.29) is 0 Å². The van der Waals surface area contributed by atoms with Gasteiger partial charge < -0.3 is 10.1 Å². The van der Waals surface area contributed by atoms with Crippen molar-refractivity contribution < 1.29 is 4.74 Å². The van der Waals surface area contributed by atoms with E-state index in [2.05, 4.69) is 50.4 Å². The lowest BCUT2D eigenvalue weighted by molar-refractivity contribution is 0.0397. The van der Waals surface area contributed by atoms with Crippen molar-refractivity contribution in [3.05, 3.63) is 35.4 Å². The molecule has 2 rings (SSSR count). The fourth-order valence-electron chi connectivity index (χ4n) is 2.27. The Hall–Kier alpha value is -0.860. The Morgan fingerprint density at radius 2 is 1.74 bits per heavy atom. The van der Waals surface area contributed by atoms with Crippen LogP contribution < -0.4 is 5.32 Å². The lowest BCUT2D eigenvalue weighted by Crippen LogP contribution is -2.15. The summed E-state index contributed by atoms with van der Waals surface area (Å²) in [4.78, 5) is 0. The van der Waals surface area contributed by atoms with Crippen molar-refractivity contribution >= 4 is 0 Å². The third-order valence-electron chi connectivity index (χ3n) is 3.53. The second kappa shape index (κ2) is 7.06. The van der Waals surface area contributed by atoms with E-state index >= 15 is 0 Å². The predicted octanol–water partition coefficient (Wildman–Crippen LogP) is 3.89. The largest absolute Gasteiger partial charge is 0.374 e. The molecule has 1 atom stereocenters. The summed E-state index contributed by atoms with van der Waals surface area (Å²) in [5.41, 5.74) is 2.64. The quantitative estimate of drug-likeness (QED) is 0.766. The molecule has 0 spiro atoms. The van der Waals surface area contributed by atoms with Gasteiger partial charge in [-0.15, -0.1) is 0 Å². The lowest BCUT2D eigenvalue weighted by Gasteiger charge is -2.15. The number of rotatable bonds is 8. The second-order valence-corrected chi connectivity index (χ2v) is 6.22. The molecule has 1 unspecified atom stereocenters. The minimum absolute atomic E-state index is 0.344. The van der Waals surface area contributed by atoms with Crippen LogP contribution in [-0.4, -0.2) is 12.1 Å². The highest BCUT2D eigenvalue weighted by molar-refractivity contribution is 5.22. The van der Waals surface area contributed by atoms with Gasteiger partial charge in [0.1, 0.15) is 0 Å². The Balaban J connectivity index is 1.71. The van der Waals surface area contributed by atoms with E-state index in [1.807, 2.05) is 0 Å². The average Bonchev–Trinajstić information content (AvgIpc) is 3.18. The van der Waals surface area contributed by atoms with Gasteiger partial charge >= 0.3 is 0 Å². The Labute approximate surface area is 117 Å². The number of hydrogen-bond acceptors (Lipinski definition) is 2. The molecule has 0 aliphatic heterocycles. The first-order valence-electron chi connectivity index (χ1n) is 7.56. The van der Waals surface area contributed by atoms with Crippen molar-refractivity contribution in [2.45, 2.75) is 65.3 Å². The summed E-state index contributed by atoms with van der Waals surface area (Å²) in [5.74, 6) is 0.700. The highest BCUT2D eigenvalue weighted by atomic mass is 16.5. The van der Waals surface area contributed by atoms with E-state index in [1.165, 1.54) is 24.0 Å². The van der Waals surface area contributed by atoms with Gasteiger partial charge in [0.2, 0.25) is 0 Å². The Morgan fingerprint density at radius 3 is 2.32 bits per heavy atom. The minimum atomic E-state index is 0.344. The van der Waals surface area contributed by atoms with Crippen LogP contribution in [0, 0.1) is 5.92 Å². The molecule has 1 aliphatic carbocycles. The minimum Gasteiger partial charge on any atom is -0.374 e. The zero-order chi connectivity index (χ0) is 13.7. The molecule has 19 heavy (non-hydrogen) atoms. The van der Waals surface area contributed by atoms with Gasteiger partial charge in [-0.05, 0) is 43.2 Å². The smallest absolute Gasteiger partial charge is 0.0720 e. The zero-order valence-electron chi connectivity index (χ0n) is 12.5. The van der Waals surface area contributed by atoms with Crippen LogP contribution in [0.4, 0.5) is 0 Å². The molecular weight excluding hydrogens is 234 g/mol. The first kappa shape index (κ1) is 14.5. The monoisotopic (exact) mass is 261 g/mol. The Kier molecular flexibility index (Phi) is 5.41. The van der Waals surface area contributed by atoms with Crippen LogP contribution in [0.15, 0.2) is 24.3 Å². The molecule has 1 aromatic rings. The van der Waals surface area contributed by atoms with Gasteiger partial charge in [-0.25, -0.2) is 0 Å². The molecule has 0 aromatic heterocycles. The van der Waals surface area contributed by atoms with E-state index in [0.29, 0.717) is 12.0 Å². The topological polar surface area (TPSA) is 21.3 Å². The van der Waals surface area contributed by atoms with Crippen LogP contribution in [-0.2, 0) is 17.9 Å². The van der Waals surface area contributed by atoms with Crippen molar-refractivity contribution in [1.29, 1.82) is 0 Å². The van der Waals surface area contributed by atoms with E-state index < -0.39 is 0 Å². The predicted molar refractivity (Wildman–Crippen MR) is 80.0 cm³/mol. The first-order valence-corrected chi connectivity index (χ1v) is 7.56. The normalized spacial score (nSPS) is 16.8. The maximum atomic E-state index is 5.87. The molecule has 0 heterocycles. The van der Waals surface area contributed by atoms with Gasteiger partial charge in [0.05, 0.1) is 12.7 Å². The molecule has 1 fully saturated rings. The standard InChI is InChI=1S/C17H27NO/c1-13(2)10-14(3)19-12-16-6-4-15(5-7-16)11-18-17-8-9-17/h4-7,13-14,17-18H,8-12H2,1-3H3. The third kappa shape index (κ3) is 5.75. The second-order valence-electron chi connectivity index (χ2n) is 6.22. The van der Waals surface area contributed by atoms with Crippen LogP contribution >= 0.6 is 0 Å². The molecule has 1 saturated carbocycles. The third-order valence-corrected chi connectivity index (χ3v) is 3.53. The van der Waals surface area contributed by atoms with E-state index in [9.17, 15) is 0 Å². The lowest BCUT2D eigenvalue weighted by atomic mass is 10.1. The summed E-state index contributed by atoms with van der Waals surface area (Å²) in [6, 6.07) is 9.57. The Morgan fingerprint density at radius 1 is 1.11 bits per heavy atom. The van der Waals surface area contributed by atoms with Gasteiger partial charge in [0.25, 0.3) is 0 Å². The van der Waals surface area contributed by atoms with Gasteiger partial charge in [-0.1, -0.05) is 38.1 Å². The van der Waals surface area contributed by atoms with Gasteiger partial charge in [-0.2, -0.15) is 0 Å². The van der Waals surface area contributed by atoms with Crippen LogP contribution in [0.25, 0.3) is 0 Å². The van der Waals surface area contributed by atoms with Crippen molar-refractivity contribution in [1.82, 2.24) is 5.32 Å². The van der Waals surface area contributed by atoms with Crippen molar-refractivity contribution in [2.75, 3.05) is 0 Å². The molecule has 0 amide bonds. The fourth-order valence-corrected chi connectivity index (χ4v) is 2.27. The van der Waals surface area contributed by atoms with Gasteiger partial charge in [0.15, 0.2) is 0 Å². The average molecular weight is 261 g/mol. The summed E-state index contributed by atoms with van der Waals surface area (Å²) in [7, 11) is 0. The Bertz CT molecular complexity index is 367. The summed E-state index contributed by atoms with van der Waals surface area (Å²) in [6.45, 7) is 8.36. The highest BCUT2D eigenvalue weighted by Gasteiger charge is 2.19. The molecule has 0 radical (unpaired) electrons. The molecule has 2 nitrogen and oxygen atoms in total. The van der Waals surface area contributed by atoms with Crippen molar-refractivity contribution in [2.24, 2.45) is 5.92 Å². The van der Waals surface area contributed by atoms with Crippen LogP contribution in [0.3, 0.4) is 0 Å². The summed E-state index contributed by atoms with van der Waals surface area (Å²) in [5, 5.41) is 3.53. The van der Waals surface area contributed by atoms with E-state index in [1.54, 1.807) is 0 Å². The van der Waals surface area contributed by atoms with Crippen LogP contribution in [0.2, 0.25) is 0 Å². The van der Waals surface area contributed by atoms with Crippen LogP contribution in [0.1, 0.15) is 51.2 Å². The number of benzene rings is 1. The highest BCUT2D eigenvalue weighted by Crippen LogP contribution is 2.19. The van der Waals surface area contributed by atoms with E-state index in [4.69, 9.17) is 4.74 Å². The number of ether oxygens (including phenoxy) is 1. The van der Waals surface area contributed by atoms with Crippen molar-refractivity contribution in [3.8, 4) is 0 Å². The van der Waals surface area contributed by atoms with Crippen LogP contribution in [0.5, 0.6) is 0 Å². The molecule has 1 N–H and O–H groups in total.